The van der Waals surface area contributed by atoms with Crippen LogP contribution in [-0.2, 0) is 28.2 Å². The van der Waals surface area contributed by atoms with E-state index in [1.165, 1.54) is 89.9 Å². The van der Waals surface area contributed by atoms with Gasteiger partial charge in [0.2, 0.25) is 0 Å². The first-order chi connectivity index (χ1) is 27.3. The molecular weight excluding hydrogens is 723 g/mol. The quantitative estimate of drug-likeness (QED) is 0.0272. The largest absolute Gasteiger partial charge is 0.469 e. The molecule has 0 fully saturated rings. The summed E-state index contributed by atoms with van der Waals surface area (Å²) < 4.78 is 26.3. The Hall–Kier alpha value is -2.51. The molecule has 0 aromatic carbocycles. The van der Waals surface area contributed by atoms with Crippen LogP contribution < -0.4 is 0 Å². The zero-order valence-corrected chi connectivity index (χ0v) is 36.4. The second kappa shape index (κ2) is 42.1. The van der Waals surface area contributed by atoms with Gasteiger partial charge in [-0.2, -0.15) is 0 Å². The monoisotopic (exact) mass is 805 g/mol. The van der Waals surface area contributed by atoms with Crippen LogP contribution in [0.2, 0.25) is 0 Å². The summed E-state index contributed by atoms with van der Waals surface area (Å²) in [5, 5.41) is 0. The second-order valence-electron chi connectivity index (χ2n) is 14.6. The van der Waals surface area contributed by atoms with Gasteiger partial charge in [-0.15, -0.1) is 0 Å². The van der Waals surface area contributed by atoms with E-state index in [0.717, 1.165) is 64.2 Å². The Balaban J connectivity index is 3.97. The number of ether oxygens (including phenoxy) is 2. The van der Waals surface area contributed by atoms with E-state index in [1.807, 2.05) is 0 Å². The van der Waals surface area contributed by atoms with Gasteiger partial charge in [-0.05, 0) is 83.5 Å². The fourth-order valence-electron chi connectivity index (χ4n) is 5.91. The Bertz CT molecular complexity index is 1130. The highest BCUT2D eigenvalue weighted by atomic mass is 31.2. The molecule has 2 N–H and O–H groups in total. The first-order valence-corrected chi connectivity index (χ1v) is 23.8. The molecule has 0 saturated heterocycles. The van der Waals surface area contributed by atoms with Crippen LogP contribution in [0, 0.1) is 0 Å². The number of carbonyl (C=O) groups excluding carboxylic acids is 2. The summed E-state index contributed by atoms with van der Waals surface area (Å²) in [6.07, 6.45) is 55.1. The zero-order chi connectivity index (χ0) is 41.1. The average molecular weight is 805 g/mol. The third-order valence-electron chi connectivity index (χ3n) is 9.19. The lowest BCUT2D eigenvalue weighted by Crippen LogP contribution is -2.29. The standard InChI is InChI=1S/C47H81O8P/c1-3-5-7-9-11-13-15-17-19-20-21-22-23-24-25-26-28-29-31-33-35-37-39-41-46(48)53-43-45(44-54-56(50,51)52)55-47(49)42-40-38-36-34-32-30-27-18-16-14-12-10-8-6-4-2/h6,8,12,14,18,26-28,32-35,45H,3-5,7,9-11,13,15-17,19-25,29-31,36-44H2,1-2H3,(H2,50,51,52)/b8-6+,14-12+,27-18+,28-26+,34-32+,35-33+/t45-/m1/s1. The molecule has 0 heterocycles. The zero-order valence-electron chi connectivity index (χ0n) is 35.5. The highest BCUT2D eigenvalue weighted by Gasteiger charge is 2.22. The average Bonchev–Trinajstić information content (AvgIpc) is 3.17. The molecule has 0 aromatic heterocycles. The minimum atomic E-state index is -4.78. The van der Waals surface area contributed by atoms with E-state index < -0.39 is 32.5 Å². The number of unbranched alkanes of at least 4 members (excludes halogenated alkanes) is 18. The van der Waals surface area contributed by atoms with Crippen molar-refractivity contribution >= 4 is 19.8 Å². The lowest BCUT2D eigenvalue weighted by molar-refractivity contribution is -0.161. The van der Waals surface area contributed by atoms with Gasteiger partial charge in [0.05, 0.1) is 6.61 Å². The van der Waals surface area contributed by atoms with Crippen molar-refractivity contribution in [3.05, 3.63) is 72.9 Å². The van der Waals surface area contributed by atoms with Gasteiger partial charge in [-0.1, -0.05) is 170 Å². The number of carbonyl (C=O) groups is 2. The van der Waals surface area contributed by atoms with Gasteiger partial charge in [-0.25, -0.2) is 4.57 Å². The maximum absolute atomic E-state index is 12.4. The van der Waals surface area contributed by atoms with Crippen LogP contribution in [0.3, 0.4) is 0 Å². The van der Waals surface area contributed by atoms with E-state index >= 15 is 0 Å². The summed E-state index contributed by atoms with van der Waals surface area (Å²) in [6.45, 7) is 3.51. The van der Waals surface area contributed by atoms with Gasteiger partial charge < -0.3 is 19.3 Å². The molecule has 0 aliphatic heterocycles. The molecule has 0 rings (SSSR count). The number of phosphoric ester groups is 1. The van der Waals surface area contributed by atoms with Crippen LogP contribution in [0.15, 0.2) is 72.9 Å². The van der Waals surface area contributed by atoms with Crippen LogP contribution in [0.25, 0.3) is 0 Å². The lowest BCUT2D eigenvalue weighted by atomic mass is 10.0. The molecule has 322 valence electrons. The van der Waals surface area contributed by atoms with Crippen molar-refractivity contribution in [3.63, 3.8) is 0 Å². The molecule has 0 spiro atoms. The fraction of sp³-hybridized carbons (Fsp3) is 0.702. The van der Waals surface area contributed by atoms with E-state index in [-0.39, 0.29) is 19.4 Å². The summed E-state index contributed by atoms with van der Waals surface area (Å²) in [5.74, 6) is -0.986. The van der Waals surface area contributed by atoms with Crippen molar-refractivity contribution in [3.8, 4) is 0 Å². The van der Waals surface area contributed by atoms with E-state index in [4.69, 9.17) is 19.3 Å². The molecule has 0 unspecified atom stereocenters. The normalized spacial score (nSPS) is 13.1. The van der Waals surface area contributed by atoms with Crippen molar-refractivity contribution in [1.29, 1.82) is 0 Å². The number of phosphoric acid groups is 1. The molecule has 0 aliphatic rings. The summed E-state index contributed by atoms with van der Waals surface area (Å²) in [7, 11) is -4.78. The minimum absolute atomic E-state index is 0.148. The Morgan fingerprint density at radius 3 is 1.41 bits per heavy atom. The predicted molar refractivity (Wildman–Crippen MR) is 234 cm³/mol. The van der Waals surface area contributed by atoms with Crippen molar-refractivity contribution in [1.82, 2.24) is 0 Å². The van der Waals surface area contributed by atoms with Crippen molar-refractivity contribution in [2.75, 3.05) is 13.2 Å². The predicted octanol–water partition coefficient (Wildman–Crippen LogP) is 13.9. The first-order valence-electron chi connectivity index (χ1n) is 22.2. The van der Waals surface area contributed by atoms with Gasteiger partial charge in [0.1, 0.15) is 6.61 Å². The molecule has 0 amide bonds. The molecule has 0 radical (unpaired) electrons. The molecular formula is C47H81O8P. The van der Waals surface area contributed by atoms with E-state index in [1.54, 1.807) is 0 Å². The van der Waals surface area contributed by atoms with E-state index in [2.05, 4.69) is 91.3 Å². The topological polar surface area (TPSA) is 119 Å². The van der Waals surface area contributed by atoms with Gasteiger partial charge in [0.25, 0.3) is 0 Å². The Morgan fingerprint density at radius 2 is 0.893 bits per heavy atom. The van der Waals surface area contributed by atoms with Crippen molar-refractivity contribution in [2.24, 2.45) is 0 Å². The number of hydrogen-bond acceptors (Lipinski definition) is 6. The van der Waals surface area contributed by atoms with Crippen LogP contribution in [-0.4, -0.2) is 41.0 Å². The second-order valence-corrected chi connectivity index (χ2v) is 15.9. The van der Waals surface area contributed by atoms with Gasteiger partial charge in [0.15, 0.2) is 6.10 Å². The van der Waals surface area contributed by atoms with Gasteiger partial charge in [0, 0.05) is 12.8 Å². The Kier molecular flexibility index (Phi) is 40.2. The highest BCUT2D eigenvalue weighted by molar-refractivity contribution is 7.46. The number of rotatable bonds is 40. The Labute approximate surface area is 342 Å². The Morgan fingerprint density at radius 1 is 0.482 bits per heavy atom. The molecule has 9 heteroatoms. The number of hydrogen-bond donors (Lipinski definition) is 2. The van der Waals surface area contributed by atoms with Crippen LogP contribution >= 0.6 is 7.82 Å². The first kappa shape index (κ1) is 53.5. The maximum Gasteiger partial charge on any atom is 0.469 e. The fourth-order valence-corrected chi connectivity index (χ4v) is 6.27. The molecule has 0 aliphatic carbocycles. The molecule has 56 heavy (non-hydrogen) atoms. The molecule has 0 aromatic rings. The summed E-state index contributed by atoms with van der Waals surface area (Å²) in [6, 6.07) is 0. The van der Waals surface area contributed by atoms with Crippen LogP contribution in [0.4, 0.5) is 0 Å². The number of allylic oxidation sites excluding steroid dienone is 12. The molecule has 0 bridgehead atoms. The summed E-state index contributed by atoms with van der Waals surface area (Å²) in [5.41, 5.74) is 0. The minimum Gasteiger partial charge on any atom is -0.462 e. The number of esters is 2. The summed E-state index contributed by atoms with van der Waals surface area (Å²) >= 11 is 0. The van der Waals surface area contributed by atoms with Crippen molar-refractivity contribution in [2.45, 2.75) is 200 Å². The van der Waals surface area contributed by atoms with Gasteiger partial charge >= 0.3 is 19.8 Å². The SMILES string of the molecule is CC/C=C/C/C=C/C/C=C/C/C=C/CCCCC(=O)O[C@H](COC(=O)CCC/C=C/CC/C=C/CCCCCCCCCCCCCCCC)COP(=O)(O)O. The van der Waals surface area contributed by atoms with Crippen molar-refractivity contribution < 1.29 is 37.9 Å². The van der Waals surface area contributed by atoms with Crippen LogP contribution in [0.1, 0.15) is 194 Å². The highest BCUT2D eigenvalue weighted by Crippen LogP contribution is 2.36. The summed E-state index contributed by atoms with van der Waals surface area (Å²) in [4.78, 5) is 42.8. The molecule has 0 saturated carbocycles. The molecule has 8 nitrogen and oxygen atoms in total. The third kappa shape index (κ3) is 44.2. The van der Waals surface area contributed by atoms with Gasteiger partial charge in [-0.3, -0.25) is 14.1 Å². The van der Waals surface area contributed by atoms with Crippen LogP contribution in [0.5, 0.6) is 0 Å². The smallest absolute Gasteiger partial charge is 0.462 e. The lowest BCUT2D eigenvalue weighted by Gasteiger charge is -2.18. The molecule has 1 atom stereocenters. The van der Waals surface area contributed by atoms with E-state index in [0.29, 0.717) is 12.8 Å². The van der Waals surface area contributed by atoms with E-state index in [9.17, 15) is 14.2 Å². The maximum atomic E-state index is 12.4. The third-order valence-corrected chi connectivity index (χ3v) is 9.67.